The van der Waals surface area contributed by atoms with Crippen molar-refractivity contribution in [3.05, 3.63) is 35.4 Å². The Balaban J connectivity index is 2.09. The van der Waals surface area contributed by atoms with Crippen molar-refractivity contribution in [2.24, 2.45) is 0 Å². The molecule has 0 saturated carbocycles. The van der Waals surface area contributed by atoms with Gasteiger partial charge in [0.2, 0.25) is 15.9 Å². The molecule has 1 aromatic rings. The maximum absolute atomic E-state index is 12.6. The highest BCUT2D eigenvalue weighted by atomic mass is 32.2. The molecule has 1 fully saturated rings. The molecule has 0 bridgehead atoms. The van der Waals surface area contributed by atoms with Gasteiger partial charge in [-0.25, -0.2) is 8.42 Å². The number of halogens is 3. The van der Waals surface area contributed by atoms with E-state index in [9.17, 15) is 26.4 Å². The number of carbonyl (C=O) groups is 1. The van der Waals surface area contributed by atoms with E-state index in [2.05, 4.69) is 0 Å². The van der Waals surface area contributed by atoms with Crippen LogP contribution in [-0.2, 0) is 27.5 Å². The maximum Gasteiger partial charge on any atom is 0.416 e. The monoisotopic (exact) mass is 378 g/mol. The number of benzene rings is 1. The van der Waals surface area contributed by atoms with Crippen LogP contribution >= 0.6 is 0 Å². The van der Waals surface area contributed by atoms with Crippen molar-refractivity contribution in [2.75, 3.05) is 19.8 Å². The molecule has 1 amide bonds. The van der Waals surface area contributed by atoms with Crippen LogP contribution in [-0.4, -0.2) is 49.4 Å². The fourth-order valence-corrected chi connectivity index (χ4v) is 4.07. The molecule has 25 heavy (non-hydrogen) atoms. The SMILES string of the molecule is CN(Cc1ccc(C(F)(F)F)cc1)C(=O)C1CCCCN1S(C)(=O)=O. The third kappa shape index (κ3) is 4.94. The van der Waals surface area contributed by atoms with Gasteiger partial charge in [0.05, 0.1) is 11.8 Å². The van der Waals surface area contributed by atoms with Crippen LogP contribution in [0.15, 0.2) is 24.3 Å². The molecule has 5 nitrogen and oxygen atoms in total. The second-order valence-electron chi connectivity index (χ2n) is 6.27. The Morgan fingerprint density at radius 2 is 1.84 bits per heavy atom. The molecular weight excluding hydrogens is 357 g/mol. The van der Waals surface area contributed by atoms with Crippen molar-refractivity contribution in [1.82, 2.24) is 9.21 Å². The molecule has 1 unspecified atom stereocenters. The van der Waals surface area contributed by atoms with Crippen LogP contribution in [0.5, 0.6) is 0 Å². The Hall–Kier alpha value is -1.61. The predicted molar refractivity (Wildman–Crippen MR) is 87.1 cm³/mol. The van der Waals surface area contributed by atoms with E-state index < -0.39 is 27.8 Å². The van der Waals surface area contributed by atoms with E-state index in [4.69, 9.17) is 0 Å². The zero-order valence-electron chi connectivity index (χ0n) is 14.1. The topological polar surface area (TPSA) is 57.7 Å². The van der Waals surface area contributed by atoms with E-state index in [0.29, 0.717) is 24.9 Å². The number of alkyl halides is 3. The molecule has 1 aliphatic heterocycles. The molecule has 2 rings (SSSR count). The largest absolute Gasteiger partial charge is 0.416 e. The van der Waals surface area contributed by atoms with Gasteiger partial charge in [0.15, 0.2) is 0 Å². The first kappa shape index (κ1) is 19.7. The van der Waals surface area contributed by atoms with Crippen LogP contribution in [0, 0.1) is 0 Å². The molecule has 140 valence electrons. The van der Waals surface area contributed by atoms with Gasteiger partial charge in [-0.15, -0.1) is 0 Å². The molecule has 0 radical (unpaired) electrons. The van der Waals surface area contributed by atoms with E-state index in [1.807, 2.05) is 0 Å². The third-order valence-corrected chi connectivity index (χ3v) is 5.53. The molecular formula is C16H21F3N2O3S. The van der Waals surface area contributed by atoms with Crippen LogP contribution in [0.4, 0.5) is 13.2 Å². The Kier molecular flexibility index (Phi) is 5.78. The first-order valence-corrected chi connectivity index (χ1v) is 9.73. The average molecular weight is 378 g/mol. The van der Waals surface area contributed by atoms with E-state index in [1.165, 1.54) is 28.4 Å². The van der Waals surface area contributed by atoms with Crippen molar-refractivity contribution in [2.45, 2.75) is 38.0 Å². The second kappa shape index (κ2) is 7.33. The van der Waals surface area contributed by atoms with Crippen molar-refractivity contribution in [1.29, 1.82) is 0 Å². The number of hydrogen-bond donors (Lipinski definition) is 0. The van der Waals surface area contributed by atoms with Crippen LogP contribution < -0.4 is 0 Å². The highest BCUT2D eigenvalue weighted by Crippen LogP contribution is 2.29. The highest BCUT2D eigenvalue weighted by Gasteiger charge is 2.36. The average Bonchev–Trinajstić information content (AvgIpc) is 2.53. The van der Waals surface area contributed by atoms with E-state index in [1.54, 1.807) is 0 Å². The molecule has 0 spiro atoms. The van der Waals surface area contributed by atoms with Crippen molar-refractivity contribution in [3.63, 3.8) is 0 Å². The Morgan fingerprint density at radius 1 is 1.24 bits per heavy atom. The van der Waals surface area contributed by atoms with Gasteiger partial charge in [0.1, 0.15) is 6.04 Å². The normalized spacial score (nSPS) is 19.6. The summed E-state index contributed by atoms with van der Waals surface area (Å²) in [6.45, 7) is 0.425. The van der Waals surface area contributed by atoms with E-state index in [-0.39, 0.29) is 12.5 Å². The Bertz CT molecular complexity index is 717. The summed E-state index contributed by atoms with van der Waals surface area (Å²) in [6, 6.07) is 3.83. The quantitative estimate of drug-likeness (QED) is 0.809. The molecule has 1 heterocycles. The van der Waals surface area contributed by atoms with Gasteiger partial charge < -0.3 is 4.90 Å². The van der Waals surface area contributed by atoms with Crippen molar-refractivity contribution in [3.8, 4) is 0 Å². The summed E-state index contributed by atoms with van der Waals surface area (Å²) in [5.41, 5.74) is -0.202. The lowest BCUT2D eigenvalue weighted by Crippen LogP contribution is -2.51. The van der Waals surface area contributed by atoms with Crippen molar-refractivity contribution >= 4 is 15.9 Å². The first-order valence-electron chi connectivity index (χ1n) is 7.88. The Labute approximate surface area is 145 Å². The molecule has 1 atom stereocenters. The minimum absolute atomic E-state index is 0.116. The number of likely N-dealkylation sites (N-methyl/N-ethyl adjacent to an activating group) is 1. The minimum atomic E-state index is -4.40. The van der Waals surface area contributed by atoms with Crippen LogP contribution in [0.1, 0.15) is 30.4 Å². The summed E-state index contributed by atoms with van der Waals surface area (Å²) in [6.07, 6.45) is -1.41. The summed E-state index contributed by atoms with van der Waals surface area (Å²) in [5.74, 6) is -0.343. The summed E-state index contributed by atoms with van der Waals surface area (Å²) < 4.78 is 62.7. The number of hydrogen-bond acceptors (Lipinski definition) is 3. The standard InChI is InChI=1S/C16H21F3N2O3S/c1-20(11-12-6-8-13(9-7-12)16(17,18)19)15(22)14-5-3-4-10-21(14)25(2,23)24/h6-9,14H,3-5,10-11H2,1-2H3. The molecule has 0 aliphatic carbocycles. The summed E-state index contributed by atoms with van der Waals surface area (Å²) in [5, 5.41) is 0. The summed E-state index contributed by atoms with van der Waals surface area (Å²) in [4.78, 5) is 14.0. The van der Waals surface area contributed by atoms with Gasteiger partial charge in [-0.1, -0.05) is 18.6 Å². The summed E-state index contributed by atoms with van der Waals surface area (Å²) in [7, 11) is -1.96. The fraction of sp³-hybridized carbons (Fsp3) is 0.562. The minimum Gasteiger partial charge on any atom is -0.340 e. The predicted octanol–water partition coefficient (Wildman–Crippen LogP) is 2.48. The number of carbonyl (C=O) groups excluding carboxylic acids is 1. The fourth-order valence-electron chi connectivity index (χ4n) is 2.95. The lowest BCUT2D eigenvalue weighted by molar-refractivity contribution is -0.138. The lowest BCUT2D eigenvalue weighted by Gasteiger charge is -2.35. The van der Waals surface area contributed by atoms with Gasteiger partial charge in [-0.2, -0.15) is 17.5 Å². The van der Waals surface area contributed by atoms with Crippen LogP contribution in [0.3, 0.4) is 0 Å². The van der Waals surface area contributed by atoms with E-state index >= 15 is 0 Å². The molecule has 1 aromatic carbocycles. The van der Waals surface area contributed by atoms with Crippen LogP contribution in [0.2, 0.25) is 0 Å². The van der Waals surface area contributed by atoms with Crippen molar-refractivity contribution < 1.29 is 26.4 Å². The molecule has 9 heteroatoms. The molecule has 0 aromatic heterocycles. The van der Waals surface area contributed by atoms with E-state index in [0.717, 1.165) is 24.8 Å². The van der Waals surface area contributed by atoms with Gasteiger partial charge in [0, 0.05) is 20.1 Å². The number of sulfonamides is 1. The number of rotatable bonds is 4. The number of nitrogens with zero attached hydrogens (tertiary/aromatic N) is 2. The zero-order valence-corrected chi connectivity index (χ0v) is 14.9. The Morgan fingerprint density at radius 3 is 2.36 bits per heavy atom. The van der Waals surface area contributed by atoms with Gasteiger partial charge in [-0.05, 0) is 30.5 Å². The van der Waals surface area contributed by atoms with Gasteiger partial charge in [0.25, 0.3) is 0 Å². The lowest BCUT2D eigenvalue weighted by atomic mass is 10.0. The van der Waals surface area contributed by atoms with Gasteiger partial charge in [-0.3, -0.25) is 4.79 Å². The van der Waals surface area contributed by atoms with Crippen LogP contribution in [0.25, 0.3) is 0 Å². The highest BCUT2D eigenvalue weighted by molar-refractivity contribution is 7.88. The first-order chi connectivity index (χ1) is 11.5. The molecule has 1 saturated heterocycles. The zero-order chi connectivity index (χ0) is 18.8. The number of piperidine rings is 1. The smallest absolute Gasteiger partial charge is 0.340 e. The maximum atomic E-state index is 12.6. The molecule has 1 aliphatic rings. The summed E-state index contributed by atoms with van der Waals surface area (Å²) >= 11 is 0. The third-order valence-electron chi connectivity index (χ3n) is 4.24. The second-order valence-corrected chi connectivity index (χ2v) is 8.21. The van der Waals surface area contributed by atoms with Gasteiger partial charge >= 0.3 is 6.18 Å². The number of amides is 1. The molecule has 0 N–H and O–H groups in total.